The number of nitrogens with zero attached hydrogens (tertiary/aromatic N) is 1. The molecule has 162 valence electrons. The van der Waals surface area contributed by atoms with E-state index in [2.05, 4.69) is 15.6 Å². The first-order chi connectivity index (χ1) is 14.9. The van der Waals surface area contributed by atoms with E-state index in [-0.39, 0.29) is 11.8 Å². The molecule has 0 aliphatic heterocycles. The Morgan fingerprint density at radius 2 is 1.74 bits per heavy atom. The molecule has 2 N–H and O–H groups in total. The summed E-state index contributed by atoms with van der Waals surface area (Å²) in [6.45, 7) is 5.90. The van der Waals surface area contributed by atoms with Crippen LogP contribution in [0.4, 0.5) is 10.8 Å². The van der Waals surface area contributed by atoms with E-state index in [0.717, 1.165) is 33.8 Å². The lowest BCUT2D eigenvalue weighted by Crippen LogP contribution is -2.15. The summed E-state index contributed by atoms with van der Waals surface area (Å²) >= 11 is 2.85. The monoisotopic (exact) mass is 455 g/mol. The fraction of sp³-hybridized carbons (Fsp3) is 0.261. The van der Waals surface area contributed by atoms with Crippen LogP contribution in [-0.4, -0.2) is 29.7 Å². The average molecular weight is 456 g/mol. The number of thiazole rings is 1. The van der Waals surface area contributed by atoms with Crippen LogP contribution in [0.5, 0.6) is 5.75 Å². The van der Waals surface area contributed by atoms with E-state index in [0.29, 0.717) is 22.2 Å². The lowest BCUT2D eigenvalue weighted by molar-refractivity contribution is -0.113. The number of aryl methyl sites for hydroxylation is 3. The van der Waals surface area contributed by atoms with Crippen molar-refractivity contribution in [1.82, 2.24) is 4.98 Å². The van der Waals surface area contributed by atoms with Crippen molar-refractivity contribution < 1.29 is 14.3 Å². The normalized spacial score (nSPS) is 10.6. The first-order valence-electron chi connectivity index (χ1n) is 9.71. The fourth-order valence-electron chi connectivity index (χ4n) is 3.25. The largest absolute Gasteiger partial charge is 0.497 e. The van der Waals surface area contributed by atoms with Crippen LogP contribution in [0.2, 0.25) is 0 Å². The highest BCUT2D eigenvalue weighted by Gasteiger charge is 2.15. The molecule has 0 aliphatic rings. The van der Waals surface area contributed by atoms with Crippen molar-refractivity contribution in [3.8, 4) is 5.75 Å². The standard InChI is InChI=1S/C23H25N3O3S2/c1-14-9-15(2)21(16(3)10-14)22(28)26-23-25-18(12-31-23)11-30-13-20(27)24-17-5-7-19(29-4)8-6-17/h5-10,12H,11,13H2,1-4H3,(H,24,27)(H,25,26,28). The van der Waals surface area contributed by atoms with E-state index in [9.17, 15) is 9.59 Å². The second-order valence-corrected chi connectivity index (χ2v) is 8.99. The minimum atomic E-state index is -0.151. The number of aromatic nitrogens is 1. The third-order valence-electron chi connectivity index (χ3n) is 4.53. The van der Waals surface area contributed by atoms with E-state index in [1.165, 1.54) is 23.1 Å². The van der Waals surface area contributed by atoms with Crippen molar-refractivity contribution >= 4 is 45.7 Å². The molecule has 0 unspecified atom stereocenters. The highest BCUT2D eigenvalue weighted by Crippen LogP contribution is 2.23. The van der Waals surface area contributed by atoms with Crippen LogP contribution in [0, 0.1) is 20.8 Å². The molecule has 0 atom stereocenters. The Balaban J connectivity index is 1.48. The molecule has 8 heteroatoms. The predicted octanol–water partition coefficient (Wildman–Crippen LogP) is 5.20. The molecule has 0 spiro atoms. The Morgan fingerprint density at radius 3 is 2.39 bits per heavy atom. The molecule has 3 aromatic rings. The minimum Gasteiger partial charge on any atom is -0.497 e. The zero-order valence-corrected chi connectivity index (χ0v) is 19.6. The summed E-state index contributed by atoms with van der Waals surface area (Å²) in [4.78, 5) is 29.3. The van der Waals surface area contributed by atoms with Gasteiger partial charge in [-0.3, -0.25) is 14.9 Å². The third-order valence-corrected chi connectivity index (χ3v) is 6.31. The highest BCUT2D eigenvalue weighted by atomic mass is 32.2. The Hall–Kier alpha value is -2.84. The van der Waals surface area contributed by atoms with Gasteiger partial charge in [-0.15, -0.1) is 23.1 Å². The van der Waals surface area contributed by atoms with Crippen molar-refractivity contribution in [2.24, 2.45) is 0 Å². The number of benzene rings is 2. The van der Waals surface area contributed by atoms with Crippen LogP contribution in [0.15, 0.2) is 41.8 Å². The topological polar surface area (TPSA) is 80.3 Å². The molecule has 31 heavy (non-hydrogen) atoms. The first kappa shape index (κ1) is 22.8. The van der Waals surface area contributed by atoms with E-state index in [4.69, 9.17) is 4.74 Å². The van der Waals surface area contributed by atoms with Crippen molar-refractivity contribution in [1.29, 1.82) is 0 Å². The Morgan fingerprint density at radius 1 is 1.06 bits per heavy atom. The summed E-state index contributed by atoms with van der Waals surface area (Å²) in [5.41, 5.74) is 5.28. The van der Waals surface area contributed by atoms with Crippen LogP contribution in [0.25, 0.3) is 0 Å². The molecule has 0 saturated heterocycles. The Bertz CT molecular complexity index is 1050. The van der Waals surface area contributed by atoms with Crippen molar-refractivity contribution in [3.63, 3.8) is 0 Å². The summed E-state index contributed by atoms with van der Waals surface area (Å²) in [7, 11) is 1.60. The van der Waals surface area contributed by atoms with Crippen molar-refractivity contribution in [3.05, 3.63) is 69.7 Å². The molecule has 2 amide bonds. The quantitative estimate of drug-likeness (QED) is 0.488. The van der Waals surface area contributed by atoms with Gasteiger partial charge in [0.2, 0.25) is 5.91 Å². The van der Waals surface area contributed by atoms with Gasteiger partial charge in [-0.25, -0.2) is 4.98 Å². The molecule has 1 aromatic heterocycles. The number of carbonyl (C=O) groups is 2. The van der Waals surface area contributed by atoms with Crippen LogP contribution in [-0.2, 0) is 10.5 Å². The van der Waals surface area contributed by atoms with E-state index in [1.54, 1.807) is 31.4 Å². The van der Waals surface area contributed by atoms with Gasteiger partial charge >= 0.3 is 0 Å². The first-order valence-corrected chi connectivity index (χ1v) is 11.7. The van der Waals surface area contributed by atoms with Gasteiger partial charge in [-0.05, 0) is 56.2 Å². The number of rotatable bonds is 8. The maximum atomic E-state index is 12.7. The summed E-state index contributed by atoms with van der Waals surface area (Å²) < 4.78 is 5.11. The van der Waals surface area contributed by atoms with Crippen LogP contribution in [0.1, 0.15) is 32.7 Å². The second-order valence-electron chi connectivity index (χ2n) is 7.14. The molecule has 0 radical (unpaired) electrons. The zero-order valence-electron chi connectivity index (χ0n) is 17.9. The van der Waals surface area contributed by atoms with Crippen LogP contribution < -0.4 is 15.4 Å². The number of methoxy groups -OCH3 is 1. The number of hydrogen-bond donors (Lipinski definition) is 2. The minimum absolute atomic E-state index is 0.0794. The number of anilines is 2. The van der Waals surface area contributed by atoms with Gasteiger partial charge < -0.3 is 10.1 Å². The number of ether oxygens (including phenoxy) is 1. The van der Waals surface area contributed by atoms with Crippen LogP contribution >= 0.6 is 23.1 Å². The maximum Gasteiger partial charge on any atom is 0.257 e. The lowest BCUT2D eigenvalue weighted by atomic mass is 9.99. The SMILES string of the molecule is COc1ccc(NC(=O)CSCc2csc(NC(=O)c3c(C)cc(C)cc3C)n2)cc1. The van der Waals surface area contributed by atoms with E-state index >= 15 is 0 Å². The van der Waals surface area contributed by atoms with Gasteiger partial charge in [0.1, 0.15) is 5.75 Å². The molecular formula is C23H25N3O3S2. The highest BCUT2D eigenvalue weighted by molar-refractivity contribution is 7.99. The summed E-state index contributed by atoms with van der Waals surface area (Å²) in [6, 6.07) is 11.2. The molecule has 0 aliphatic carbocycles. The van der Waals surface area contributed by atoms with Gasteiger partial charge in [-0.2, -0.15) is 0 Å². The van der Waals surface area contributed by atoms with E-state index < -0.39 is 0 Å². The Kier molecular flexibility index (Phi) is 7.70. The molecule has 0 fully saturated rings. The molecule has 3 rings (SSSR count). The average Bonchev–Trinajstić information content (AvgIpc) is 3.14. The number of amides is 2. The van der Waals surface area contributed by atoms with Crippen molar-refractivity contribution in [2.75, 3.05) is 23.5 Å². The van der Waals surface area contributed by atoms with Gasteiger partial charge in [0.05, 0.1) is 18.6 Å². The Labute approximate surface area is 190 Å². The number of thioether (sulfide) groups is 1. The van der Waals surface area contributed by atoms with Gasteiger partial charge in [-0.1, -0.05) is 17.7 Å². The zero-order chi connectivity index (χ0) is 22.4. The predicted molar refractivity (Wildman–Crippen MR) is 129 cm³/mol. The van der Waals surface area contributed by atoms with Gasteiger partial charge in [0.15, 0.2) is 5.13 Å². The number of carbonyl (C=O) groups excluding carboxylic acids is 2. The van der Waals surface area contributed by atoms with Gasteiger partial charge in [0.25, 0.3) is 5.91 Å². The third kappa shape index (κ3) is 6.32. The molecule has 0 bridgehead atoms. The second kappa shape index (κ2) is 10.5. The summed E-state index contributed by atoms with van der Waals surface area (Å²) in [5.74, 6) is 1.41. The number of nitrogens with one attached hydrogen (secondary N) is 2. The van der Waals surface area contributed by atoms with Crippen molar-refractivity contribution in [2.45, 2.75) is 26.5 Å². The molecule has 1 heterocycles. The molecular weight excluding hydrogens is 430 g/mol. The summed E-state index contributed by atoms with van der Waals surface area (Å²) in [5, 5.41) is 8.20. The maximum absolute atomic E-state index is 12.7. The summed E-state index contributed by atoms with van der Waals surface area (Å²) in [6.07, 6.45) is 0. The molecule has 2 aromatic carbocycles. The molecule has 0 saturated carbocycles. The van der Waals surface area contributed by atoms with Crippen LogP contribution in [0.3, 0.4) is 0 Å². The molecule has 6 nitrogen and oxygen atoms in total. The number of hydrogen-bond acceptors (Lipinski definition) is 6. The lowest BCUT2D eigenvalue weighted by Gasteiger charge is -2.10. The van der Waals surface area contributed by atoms with Gasteiger partial charge in [0, 0.05) is 22.4 Å². The van der Waals surface area contributed by atoms with E-state index in [1.807, 2.05) is 38.3 Å². The smallest absolute Gasteiger partial charge is 0.257 e. The fourth-order valence-corrected chi connectivity index (χ4v) is 4.78.